The quantitative estimate of drug-likeness (QED) is 0.817. The molecule has 2 aliphatic rings. The number of carbonyl (C=O) groups is 1. The van der Waals surface area contributed by atoms with E-state index in [1.54, 1.807) is 12.1 Å². The van der Waals surface area contributed by atoms with Gasteiger partial charge in [-0.1, -0.05) is 0 Å². The van der Waals surface area contributed by atoms with E-state index in [0.717, 1.165) is 36.5 Å². The lowest BCUT2D eigenvalue weighted by Crippen LogP contribution is -2.36. The molecule has 1 atom stereocenters. The van der Waals surface area contributed by atoms with E-state index in [-0.39, 0.29) is 11.8 Å². The number of hydrogen-bond acceptors (Lipinski definition) is 8. The van der Waals surface area contributed by atoms with Gasteiger partial charge in [-0.05, 0) is 37.0 Å². The van der Waals surface area contributed by atoms with Crippen molar-refractivity contribution in [3.8, 4) is 11.9 Å². The van der Waals surface area contributed by atoms with E-state index in [9.17, 15) is 10.1 Å². The molecule has 0 saturated carbocycles. The molecular formula is C21H24N6O3. The van der Waals surface area contributed by atoms with Crippen LogP contribution >= 0.6 is 0 Å². The van der Waals surface area contributed by atoms with Crippen molar-refractivity contribution >= 4 is 17.5 Å². The number of ether oxygens (including phenoxy) is 2. The number of fused-ring (bicyclic) bond motifs is 1. The molecule has 0 aliphatic carbocycles. The number of piperidine rings is 1. The lowest BCUT2D eigenvalue weighted by molar-refractivity contribution is 0.102. The molecule has 2 aliphatic heterocycles. The first-order valence-corrected chi connectivity index (χ1v) is 10.1. The standard InChI is InChI=1S/C21H24N6O3/c1-29-20-5-4-18(25-26-20)24-21(28)16-11-19(27-8-2-3-14(12-22)13-27)23-17-7-10-30-9-6-15(16)17/h4-5,11,14H,2-3,6-10,13H2,1H3,(H,24,25,28)/t14-/m0/s1. The third-order valence-electron chi connectivity index (χ3n) is 5.44. The Bertz CT molecular complexity index is 956. The number of anilines is 2. The maximum atomic E-state index is 13.2. The lowest BCUT2D eigenvalue weighted by atomic mass is 9.98. The van der Waals surface area contributed by atoms with Crippen molar-refractivity contribution in [2.75, 3.05) is 43.6 Å². The molecule has 1 amide bonds. The number of nitriles is 1. The molecular weight excluding hydrogens is 384 g/mol. The minimum Gasteiger partial charge on any atom is -0.480 e. The van der Waals surface area contributed by atoms with Gasteiger partial charge in [0.25, 0.3) is 5.91 Å². The molecule has 4 heterocycles. The molecule has 2 aromatic heterocycles. The molecule has 4 rings (SSSR count). The maximum Gasteiger partial charge on any atom is 0.257 e. The van der Waals surface area contributed by atoms with Gasteiger partial charge in [-0.3, -0.25) is 4.79 Å². The van der Waals surface area contributed by atoms with E-state index in [4.69, 9.17) is 14.5 Å². The summed E-state index contributed by atoms with van der Waals surface area (Å²) in [6.45, 7) is 2.58. The largest absolute Gasteiger partial charge is 0.480 e. The van der Waals surface area contributed by atoms with E-state index in [1.165, 1.54) is 7.11 Å². The molecule has 1 saturated heterocycles. The van der Waals surface area contributed by atoms with Gasteiger partial charge in [0, 0.05) is 36.8 Å². The van der Waals surface area contributed by atoms with E-state index in [1.807, 2.05) is 6.07 Å². The predicted molar refractivity (Wildman–Crippen MR) is 110 cm³/mol. The zero-order chi connectivity index (χ0) is 20.9. The number of carbonyl (C=O) groups excluding carboxylic acids is 1. The number of rotatable bonds is 4. The van der Waals surface area contributed by atoms with Crippen molar-refractivity contribution < 1.29 is 14.3 Å². The topological polar surface area (TPSA) is 113 Å². The molecule has 0 aromatic carbocycles. The summed E-state index contributed by atoms with van der Waals surface area (Å²) in [5.41, 5.74) is 2.36. The van der Waals surface area contributed by atoms with Crippen molar-refractivity contribution in [2.24, 2.45) is 5.92 Å². The number of hydrogen-bond donors (Lipinski definition) is 1. The Hall–Kier alpha value is -3.25. The summed E-state index contributed by atoms with van der Waals surface area (Å²) < 4.78 is 10.6. The van der Waals surface area contributed by atoms with Gasteiger partial charge in [0.2, 0.25) is 5.88 Å². The molecule has 2 aromatic rings. The van der Waals surface area contributed by atoms with E-state index in [0.29, 0.717) is 49.9 Å². The molecule has 0 spiro atoms. The number of nitrogens with zero attached hydrogens (tertiary/aromatic N) is 5. The maximum absolute atomic E-state index is 13.2. The summed E-state index contributed by atoms with van der Waals surface area (Å²) in [6.07, 6.45) is 3.11. The van der Waals surface area contributed by atoms with Crippen LogP contribution in [0.25, 0.3) is 0 Å². The molecule has 156 valence electrons. The highest BCUT2D eigenvalue weighted by Crippen LogP contribution is 2.27. The first kappa shape index (κ1) is 20.0. The average molecular weight is 408 g/mol. The van der Waals surface area contributed by atoms with Crippen molar-refractivity contribution in [1.29, 1.82) is 5.26 Å². The Balaban J connectivity index is 1.66. The van der Waals surface area contributed by atoms with Gasteiger partial charge in [0.05, 0.1) is 32.3 Å². The summed E-state index contributed by atoms with van der Waals surface area (Å²) >= 11 is 0. The molecule has 30 heavy (non-hydrogen) atoms. The fourth-order valence-corrected chi connectivity index (χ4v) is 3.87. The van der Waals surface area contributed by atoms with Crippen LogP contribution in [0.15, 0.2) is 18.2 Å². The smallest absolute Gasteiger partial charge is 0.257 e. The third-order valence-corrected chi connectivity index (χ3v) is 5.44. The second-order valence-electron chi connectivity index (χ2n) is 7.39. The molecule has 0 unspecified atom stereocenters. The average Bonchev–Trinajstić information content (AvgIpc) is 3.04. The molecule has 1 N–H and O–H groups in total. The monoisotopic (exact) mass is 408 g/mol. The highest BCUT2D eigenvalue weighted by atomic mass is 16.5. The Kier molecular flexibility index (Phi) is 6.05. The number of nitrogens with one attached hydrogen (secondary N) is 1. The summed E-state index contributed by atoms with van der Waals surface area (Å²) in [5, 5.41) is 20.0. The summed E-state index contributed by atoms with van der Waals surface area (Å²) in [6, 6.07) is 7.48. The second-order valence-corrected chi connectivity index (χ2v) is 7.39. The normalized spacial score (nSPS) is 18.7. The van der Waals surface area contributed by atoms with Crippen LogP contribution in [0.3, 0.4) is 0 Å². The summed E-state index contributed by atoms with van der Waals surface area (Å²) in [4.78, 5) is 20.1. The van der Waals surface area contributed by atoms with Gasteiger partial charge < -0.3 is 19.7 Å². The Morgan fingerprint density at radius 2 is 2.20 bits per heavy atom. The molecule has 1 fully saturated rings. The van der Waals surface area contributed by atoms with E-state index in [2.05, 4.69) is 26.5 Å². The fourth-order valence-electron chi connectivity index (χ4n) is 3.87. The number of aromatic nitrogens is 3. The van der Waals surface area contributed by atoms with Crippen LogP contribution in [-0.2, 0) is 17.6 Å². The first-order chi connectivity index (χ1) is 14.7. The van der Waals surface area contributed by atoms with Crippen LogP contribution in [0, 0.1) is 17.2 Å². The number of methoxy groups -OCH3 is 1. The van der Waals surface area contributed by atoms with Crippen molar-refractivity contribution in [1.82, 2.24) is 15.2 Å². The zero-order valence-corrected chi connectivity index (χ0v) is 16.9. The number of pyridine rings is 1. The minimum atomic E-state index is -0.259. The first-order valence-electron chi connectivity index (χ1n) is 10.1. The highest BCUT2D eigenvalue weighted by Gasteiger charge is 2.25. The van der Waals surface area contributed by atoms with Gasteiger partial charge >= 0.3 is 0 Å². The number of amides is 1. The van der Waals surface area contributed by atoms with Gasteiger partial charge in [-0.2, -0.15) is 5.26 Å². The van der Waals surface area contributed by atoms with Crippen molar-refractivity contribution in [3.05, 3.63) is 35.0 Å². The highest BCUT2D eigenvalue weighted by molar-refractivity contribution is 6.05. The van der Waals surface area contributed by atoms with E-state index < -0.39 is 0 Å². The molecule has 9 heteroatoms. The molecule has 0 bridgehead atoms. The molecule has 9 nitrogen and oxygen atoms in total. The molecule has 0 radical (unpaired) electrons. The summed E-state index contributed by atoms with van der Waals surface area (Å²) in [7, 11) is 1.51. The van der Waals surface area contributed by atoms with Crippen molar-refractivity contribution in [2.45, 2.75) is 25.7 Å². The predicted octanol–water partition coefficient (Wildman–Crippen LogP) is 1.99. The zero-order valence-electron chi connectivity index (χ0n) is 16.9. The van der Waals surface area contributed by atoms with Crippen LogP contribution in [0.1, 0.15) is 34.5 Å². The van der Waals surface area contributed by atoms with Crippen LogP contribution in [0.5, 0.6) is 5.88 Å². The minimum absolute atomic E-state index is 0.0189. The van der Waals surface area contributed by atoms with Gasteiger partial charge in [-0.25, -0.2) is 4.98 Å². The Morgan fingerprint density at radius 1 is 1.33 bits per heavy atom. The fraction of sp³-hybridized carbons (Fsp3) is 0.476. The third kappa shape index (κ3) is 4.33. The van der Waals surface area contributed by atoms with Gasteiger partial charge in [0.15, 0.2) is 5.82 Å². The van der Waals surface area contributed by atoms with Gasteiger partial charge in [0.1, 0.15) is 5.82 Å². The van der Waals surface area contributed by atoms with E-state index >= 15 is 0 Å². The van der Waals surface area contributed by atoms with Crippen LogP contribution in [0.2, 0.25) is 0 Å². The lowest BCUT2D eigenvalue weighted by Gasteiger charge is -2.31. The Morgan fingerprint density at radius 3 is 2.97 bits per heavy atom. The summed E-state index contributed by atoms with van der Waals surface area (Å²) in [5.74, 6) is 1.18. The second kappa shape index (κ2) is 9.05. The van der Waals surface area contributed by atoms with Crippen LogP contribution in [0.4, 0.5) is 11.6 Å². The van der Waals surface area contributed by atoms with Crippen molar-refractivity contribution in [3.63, 3.8) is 0 Å². The van der Waals surface area contributed by atoms with Crippen LogP contribution in [-0.4, -0.2) is 54.5 Å². The van der Waals surface area contributed by atoms with Crippen LogP contribution < -0.4 is 15.0 Å². The Labute approximate surface area is 175 Å². The van der Waals surface area contributed by atoms with Gasteiger partial charge in [-0.15, -0.1) is 10.2 Å². The SMILES string of the molecule is COc1ccc(NC(=O)c2cc(N3CCC[C@@H](C#N)C3)nc3c2CCOCC3)nn1.